The van der Waals surface area contributed by atoms with E-state index in [1.807, 2.05) is 0 Å². The van der Waals surface area contributed by atoms with E-state index in [2.05, 4.69) is 4.72 Å². The molecule has 1 aliphatic carbocycles. The van der Waals surface area contributed by atoms with Crippen molar-refractivity contribution in [2.75, 3.05) is 18.8 Å². The molecule has 23 heavy (non-hydrogen) atoms. The van der Waals surface area contributed by atoms with E-state index in [1.54, 1.807) is 39.2 Å². The van der Waals surface area contributed by atoms with Crippen molar-refractivity contribution < 1.29 is 18.3 Å². The van der Waals surface area contributed by atoms with E-state index in [0.29, 0.717) is 24.1 Å². The second-order valence-corrected chi connectivity index (χ2v) is 8.17. The van der Waals surface area contributed by atoms with Crippen LogP contribution in [0.1, 0.15) is 41.6 Å². The highest BCUT2D eigenvalue weighted by Crippen LogP contribution is 2.27. The maximum Gasteiger partial charge on any atom is 0.253 e. The standard InChI is InChI=1S/C16H24N2O4S/c1-11-8-9-12(16(20)18(2)3)10-13(11)17-23(21,22)15-7-5-4-6-14(15)19/h8-10,14-15,17,19H,4-7H2,1-3H3. The van der Waals surface area contributed by atoms with Crippen molar-refractivity contribution in [1.29, 1.82) is 0 Å². The van der Waals surface area contributed by atoms with Crippen molar-refractivity contribution in [3.63, 3.8) is 0 Å². The third-order valence-electron chi connectivity index (χ3n) is 4.21. The molecular formula is C16H24N2O4S. The molecule has 1 aromatic carbocycles. The van der Waals surface area contributed by atoms with E-state index < -0.39 is 21.4 Å². The van der Waals surface area contributed by atoms with Gasteiger partial charge >= 0.3 is 0 Å². The van der Waals surface area contributed by atoms with Crippen molar-refractivity contribution in [3.05, 3.63) is 29.3 Å². The first-order chi connectivity index (χ1) is 10.7. The van der Waals surface area contributed by atoms with Crippen molar-refractivity contribution in [1.82, 2.24) is 4.90 Å². The number of sulfonamides is 1. The van der Waals surface area contributed by atoms with Crippen molar-refractivity contribution >= 4 is 21.6 Å². The van der Waals surface area contributed by atoms with Gasteiger partial charge in [0.1, 0.15) is 5.25 Å². The van der Waals surface area contributed by atoms with Crippen LogP contribution in [0.15, 0.2) is 18.2 Å². The van der Waals surface area contributed by atoms with Gasteiger partial charge in [0.05, 0.1) is 11.8 Å². The van der Waals surface area contributed by atoms with Gasteiger partial charge in [-0.3, -0.25) is 9.52 Å². The molecule has 1 aromatic rings. The highest BCUT2D eigenvalue weighted by atomic mass is 32.2. The molecule has 0 heterocycles. The summed E-state index contributed by atoms with van der Waals surface area (Å²) in [7, 11) is -0.409. The van der Waals surface area contributed by atoms with E-state index in [-0.39, 0.29) is 5.91 Å². The summed E-state index contributed by atoms with van der Waals surface area (Å²) in [6.45, 7) is 1.78. The molecule has 1 fully saturated rings. The number of rotatable bonds is 4. The van der Waals surface area contributed by atoms with Crippen LogP contribution >= 0.6 is 0 Å². The number of aliphatic hydroxyl groups is 1. The monoisotopic (exact) mass is 340 g/mol. The van der Waals surface area contributed by atoms with Crippen LogP contribution in [-0.2, 0) is 10.0 Å². The number of anilines is 1. The van der Waals surface area contributed by atoms with E-state index in [9.17, 15) is 18.3 Å². The zero-order chi connectivity index (χ0) is 17.2. The van der Waals surface area contributed by atoms with Gasteiger partial charge in [0, 0.05) is 19.7 Å². The first-order valence-electron chi connectivity index (χ1n) is 7.74. The third-order valence-corrected chi connectivity index (χ3v) is 6.06. The first kappa shape index (κ1) is 17.7. The fourth-order valence-corrected chi connectivity index (χ4v) is 4.50. The second kappa shape index (κ2) is 6.88. The minimum atomic E-state index is -3.70. The predicted molar refractivity (Wildman–Crippen MR) is 90.0 cm³/mol. The lowest BCUT2D eigenvalue weighted by molar-refractivity contribution is 0.0827. The van der Waals surface area contributed by atoms with Gasteiger partial charge in [0.25, 0.3) is 5.91 Å². The largest absolute Gasteiger partial charge is 0.392 e. The van der Waals surface area contributed by atoms with Gasteiger partial charge in [-0.1, -0.05) is 18.9 Å². The van der Waals surface area contributed by atoms with Crippen LogP contribution in [0.25, 0.3) is 0 Å². The molecule has 0 spiro atoms. The summed E-state index contributed by atoms with van der Waals surface area (Å²) in [5.74, 6) is -0.192. The lowest BCUT2D eigenvalue weighted by atomic mass is 9.97. The molecular weight excluding hydrogens is 316 g/mol. The molecule has 2 unspecified atom stereocenters. The number of amides is 1. The number of aliphatic hydroxyl groups excluding tert-OH is 1. The Bertz CT molecular complexity index is 685. The number of nitrogens with one attached hydrogen (secondary N) is 1. The summed E-state index contributed by atoms with van der Waals surface area (Å²) in [6, 6.07) is 4.93. The minimum absolute atomic E-state index is 0.192. The number of aryl methyl sites for hydroxylation is 1. The number of hydrogen-bond donors (Lipinski definition) is 2. The quantitative estimate of drug-likeness (QED) is 0.874. The Morgan fingerprint density at radius 2 is 1.91 bits per heavy atom. The van der Waals surface area contributed by atoms with Crippen LogP contribution in [0.4, 0.5) is 5.69 Å². The zero-order valence-corrected chi connectivity index (χ0v) is 14.6. The number of hydrogen-bond acceptors (Lipinski definition) is 4. The first-order valence-corrected chi connectivity index (χ1v) is 9.29. The number of carbonyl (C=O) groups is 1. The summed E-state index contributed by atoms with van der Waals surface area (Å²) < 4.78 is 27.7. The Balaban J connectivity index is 2.28. The average molecular weight is 340 g/mol. The number of nitrogens with zero attached hydrogens (tertiary/aromatic N) is 1. The highest BCUT2D eigenvalue weighted by Gasteiger charge is 2.34. The maximum atomic E-state index is 12.6. The van der Waals surface area contributed by atoms with Gasteiger partial charge in [0.2, 0.25) is 10.0 Å². The van der Waals surface area contributed by atoms with Crippen LogP contribution in [-0.4, -0.2) is 49.8 Å². The molecule has 7 heteroatoms. The molecule has 6 nitrogen and oxygen atoms in total. The molecule has 2 atom stereocenters. The smallest absolute Gasteiger partial charge is 0.253 e. The average Bonchev–Trinajstić information content (AvgIpc) is 2.48. The van der Waals surface area contributed by atoms with E-state index >= 15 is 0 Å². The molecule has 128 valence electrons. The van der Waals surface area contributed by atoms with Gasteiger partial charge in [-0.25, -0.2) is 8.42 Å². The Hall–Kier alpha value is -1.60. The maximum absolute atomic E-state index is 12.6. The molecule has 1 amide bonds. The van der Waals surface area contributed by atoms with Gasteiger partial charge in [-0.15, -0.1) is 0 Å². The summed E-state index contributed by atoms with van der Waals surface area (Å²) in [6.07, 6.45) is 1.75. The summed E-state index contributed by atoms with van der Waals surface area (Å²) >= 11 is 0. The fourth-order valence-electron chi connectivity index (χ4n) is 2.79. The Morgan fingerprint density at radius 1 is 1.26 bits per heavy atom. The van der Waals surface area contributed by atoms with Crippen molar-refractivity contribution in [2.24, 2.45) is 0 Å². The van der Waals surface area contributed by atoms with E-state index in [4.69, 9.17) is 0 Å². The molecule has 0 saturated heterocycles. The normalized spacial score (nSPS) is 21.7. The Labute approximate surface area is 137 Å². The molecule has 2 N–H and O–H groups in total. The van der Waals surface area contributed by atoms with Crippen LogP contribution in [0, 0.1) is 6.92 Å². The van der Waals surface area contributed by atoms with E-state index in [0.717, 1.165) is 18.4 Å². The number of benzene rings is 1. The molecule has 1 aliphatic rings. The molecule has 2 rings (SSSR count). The van der Waals surface area contributed by atoms with Crippen LogP contribution in [0.3, 0.4) is 0 Å². The van der Waals surface area contributed by atoms with Gasteiger partial charge in [0.15, 0.2) is 0 Å². The molecule has 1 saturated carbocycles. The second-order valence-electron chi connectivity index (χ2n) is 6.27. The fraction of sp³-hybridized carbons (Fsp3) is 0.562. The lowest BCUT2D eigenvalue weighted by Gasteiger charge is -2.28. The molecule has 0 bridgehead atoms. The molecule has 0 radical (unpaired) electrons. The van der Waals surface area contributed by atoms with Gasteiger partial charge in [-0.2, -0.15) is 0 Å². The van der Waals surface area contributed by atoms with Crippen LogP contribution in [0.2, 0.25) is 0 Å². The lowest BCUT2D eigenvalue weighted by Crippen LogP contribution is -2.40. The zero-order valence-electron chi connectivity index (χ0n) is 13.7. The van der Waals surface area contributed by atoms with E-state index in [1.165, 1.54) is 4.90 Å². The Kier molecular flexibility index (Phi) is 5.31. The van der Waals surface area contributed by atoms with Gasteiger partial charge < -0.3 is 10.0 Å². The summed E-state index contributed by atoms with van der Waals surface area (Å²) in [4.78, 5) is 13.5. The molecule has 0 aliphatic heterocycles. The van der Waals surface area contributed by atoms with Crippen LogP contribution < -0.4 is 4.72 Å². The van der Waals surface area contributed by atoms with Crippen molar-refractivity contribution in [3.8, 4) is 0 Å². The van der Waals surface area contributed by atoms with Crippen molar-refractivity contribution in [2.45, 2.75) is 44.0 Å². The number of carbonyl (C=O) groups excluding carboxylic acids is 1. The minimum Gasteiger partial charge on any atom is -0.392 e. The SMILES string of the molecule is Cc1ccc(C(=O)N(C)C)cc1NS(=O)(=O)C1CCCCC1O. The summed E-state index contributed by atoms with van der Waals surface area (Å²) in [5.41, 5.74) is 1.53. The van der Waals surface area contributed by atoms with Crippen LogP contribution in [0.5, 0.6) is 0 Å². The predicted octanol–water partition coefficient (Wildman–Crippen LogP) is 1.74. The Morgan fingerprint density at radius 3 is 2.52 bits per heavy atom. The topological polar surface area (TPSA) is 86.7 Å². The molecule has 0 aromatic heterocycles. The van der Waals surface area contributed by atoms with Gasteiger partial charge in [-0.05, 0) is 37.5 Å². The summed E-state index contributed by atoms with van der Waals surface area (Å²) in [5, 5.41) is 9.19. The highest BCUT2D eigenvalue weighted by molar-refractivity contribution is 7.93. The third kappa shape index (κ3) is 4.03.